The molecule has 0 heterocycles. The predicted molar refractivity (Wildman–Crippen MR) is 112 cm³/mol. The topological polar surface area (TPSA) is 18.5 Å². The van der Waals surface area contributed by atoms with E-state index in [1.54, 1.807) is 0 Å². The van der Waals surface area contributed by atoms with Crippen molar-refractivity contribution in [3.8, 4) is 0 Å². The van der Waals surface area contributed by atoms with Crippen molar-refractivity contribution in [3.05, 3.63) is 24.6 Å². The third kappa shape index (κ3) is 4.23. The molecule has 0 saturated heterocycles. The van der Waals surface area contributed by atoms with E-state index in [0.717, 1.165) is 23.8 Å². The number of hydrogen-bond donors (Lipinski definition) is 0. The summed E-state index contributed by atoms with van der Waals surface area (Å²) in [5, 5.41) is 0. The van der Waals surface area contributed by atoms with Gasteiger partial charge in [0.1, 0.15) is 0 Å². The molecule has 3 aliphatic carbocycles. The van der Waals surface area contributed by atoms with E-state index in [1.807, 2.05) is 11.4 Å². The fourth-order valence-electron chi connectivity index (χ4n) is 4.98. The van der Waals surface area contributed by atoms with Gasteiger partial charge in [-0.05, 0) is 81.2 Å². The number of hydrogen-bond acceptors (Lipinski definition) is 2. The van der Waals surface area contributed by atoms with Gasteiger partial charge in [-0.3, -0.25) is 0 Å². The van der Waals surface area contributed by atoms with Crippen LogP contribution < -0.4 is 0 Å². The van der Waals surface area contributed by atoms with Crippen molar-refractivity contribution in [2.24, 2.45) is 23.2 Å². The summed E-state index contributed by atoms with van der Waals surface area (Å²) in [7, 11) is -5.98. The van der Waals surface area contributed by atoms with Crippen LogP contribution >= 0.6 is 0 Å². The minimum atomic E-state index is -2.25. The summed E-state index contributed by atoms with van der Waals surface area (Å²) in [6.45, 7) is 24.2. The van der Waals surface area contributed by atoms with Crippen LogP contribution in [0.4, 0.5) is 0 Å². The highest BCUT2D eigenvalue weighted by molar-refractivity contribution is 6.91. The van der Waals surface area contributed by atoms with Gasteiger partial charge in [-0.1, -0.05) is 25.2 Å². The summed E-state index contributed by atoms with van der Waals surface area (Å²) in [5.41, 5.74) is 4.62. The molecule has 0 aromatic carbocycles. The summed E-state index contributed by atoms with van der Waals surface area (Å²) < 4.78 is 13.5. The molecular weight excluding hydrogens is 344 g/mol. The normalized spacial score (nSPS) is 29.7. The van der Waals surface area contributed by atoms with Gasteiger partial charge >= 0.3 is 8.56 Å². The molecule has 0 aliphatic heterocycles. The zero-order valence-electron chi connectivity index (χ0n) is 16.9. The first-order valence-corrected chi connectivity index (χ1v) is 18.0. The minimum absolute atomic E-state index is 0.523. The van der Waals surface area contributed by atoms with Crippen LogP contribution in [0, 0.1) is 23.2 Å². The summed E-state index contributed by atoms with van der Waals surface area (Å²) in [6.07, 6.45) is 4.18. The molecule has 3 saturated carbocycles. The first-order valence-electron chi connectivity index (χ1n) is 9.52. The molecule has 0 aromatic rings. The first kappa shape index (κ1) is 20.4. The average molecular weight is 383 g/mol. The van der Waals surface area contributed by atoms with Gasteiger partial charge in [-0.2, -0.15) is 0 Å². The van der Waals surface area contributed by atoms with Crippen LogP contribution in [0.2, 0.25) is 38.8 Å². The summed E-state index contributed by atoms with van der Waals surface area (Å²) in [4.78, 5) is 0. The largest absolute Gasteiger partial charge is 0.433 e. The Kier molecular flexibility index (Phi) is 5.64. The van der Waals surface area contributed by atoms with E-state index in [0.29, 0.717) is 5.41 Å². The predicted octanol–water partition coefficient (Wildman–Crippen LogP) is 6.02. The van der Waals surface area contributed by atoms with Gasteiger partial charge in [-0.15, -0.1) is 13.2 Å². The fourth-order valence-corrected chi connectivity index (χ4v) is 17.2. The lowest BCUT2D eigenvalue weighted by Gasteiger charge is -2.61. The second-order valence-electron chi connectivity index (χ2n) is 9.86. The molecule has 0 spiro atoms. The van der Waals surface area contributed by atoms with Crippen molar-refractivity contribution in [2.75, 3.05) is 0 Å². The van der Waals surface area contributed by atoms with Gasteiger partial charge in [0.2, 0.25) is 0 Å². The Balaban J connectivity index is 2.19. The standard InChI is InChI=1S/C19H38O2Si3/c1-10-22(5,6)20-24(9,21-23(7,8)11-2)15-16-12-13-17-14-18(16)19(17,3)4/h10-11,16-18H,1-2,12-15H2,3-9H3. The average Bonchev–Trinajstić information content (AvgIpc) is 2.45. The van der Waals surface area contributed by atoms with Crippen LogP contribution in [0.15, 0.2) is 24.6 Å². The smallest absolute Gasteiger partial charge is 0.315 e. The molecule has 3 aliphatic rings. The Morgan fingerprint density at radius 2 is 1.46 bits per heavy atom. The van der Waals surface area contributed by atoms with Crippen LogP contribution in [0.3, 0.4) is 0 Å². The highest BCUT2D eigenvalue weighted by atomic mass is 28.5. The molecule has 138 valence electrons. The van der Waals surface area contributed by atoms with Crippen LogP contribution in [0.1, 0.15) is 33.1 Å². The van der Waals surface area contributed by atoms with E-state index in [4.69, 9.17) is 8.23 Å². The van der Waals surface area contributed by atoms with Crippen molar-refractivity contribution in [3.63, 3.8) is 0 Å². The fraction of sp³-hybridized carbons (Fsp3) is 0.789. The van der Waals surface area contributed by atoms with Crippen molar-refractivity contribution in [1.82, 2.24) is 0 Å². The number of rotatable bonds is 8. The maximum Gasteiger partial charge on any atom is 0.315 e. The van der Waals surface area contributed by atoms with E-state index in [9.17, 15) is 0 Å². The van der Waals surface area contributed by atoms with Gasteiger partial charge in [0, 0.05) is 0 Å². The molecule has 2 bridgehead atoms. The van der Waals surface area contributed by atoms with Gasteiger partial charge in [0.05, 0.1) is 0 Å². The van der Waals surface area contributed by atoms with Crippen LogP contribution in [-0.2, 0) is 8.23 Å². The van der Waals surface area contributed by atoms with Crippen LogP contribution in [0.5, 0.6) is 0 Å². The second kappa shape index (κ2) is 6.65. The van der Waals surface area contributed by atoms with Crippen molar-refractivity contribution in [2.45, 2.75) is 71.9 Å². The van der Waals surface area contributed by atoms with E-state index in [2.05, 4.69) is 59.7 Å². The summed E-state index contributed by atoms with van der Waals surface area (Å²) in [6, 6.07) is 1.14. The van der Waals surface area contributed by atoms with E-state index in [-0.39, 0.29) is 0 Å². The summed E-state index contributed by atoms with van der Waals surface area (Å²) >= 11 is 0. The quantitative estimate of drug-likeness (QED) is 0.477. The molecular formula is C19H38O2Si3. The Morgan fingerprint density at radius 3 is 1.83 bits per heavy atom. The Morgan fingerprint density at radius 1 is 0.958 bits per heavy atom. The van der Waals surface area contributed by atoms with Gasteiger partial charge in [0.15, 0.2) is 16.6 Å². The van der Waals surface area contributed by atoms with Crippen LogP contribution in [0.25, 0.3) is 0 Å². The van der Waals surface area contributed by atoms with E-state index < -0.39 is 25.2 Å². The Labute approximate surface area is 153 Å². The summed E-state index contributed by atoms with van der Waals surface area (Å²) in [5.74, 6) is 2.58. The van der Waals surface area contributed by atoms with Crippen LogP contribution in [-0.4, -0.2) is 25.2 Å². The zero-order chi connectivity index (χ0) is 18.4. The third-order valence-electron chi connectivity index (χ3n) is 6.58. The van der Waals surface area contributed by atoms with Crippen molar-refractivity contribution in [1.29, 1.82) is 0 Å². The molecule has 3 unspecified atom stereocenters. The second-order valence-corrected chi connectivity index (χ2v) is 21.4. The van der Waals surface area contributed by atoms with Crippen molar-refractivity contribution >= 4 is 25.2 Å². The molecule has 0 aromatic heterocycles. The zero-order valence-corrected chi connectivity index (χ0v) is 19.9. The van der Waals surface area contributed by atoms with Crippen molar-refractivity contribution < 1.29 is 8.23 Å². The lowest BCUT2D eigenvalue weighted by molar-refractivity contribution is -0.100. The van der Waals surface area contributed by atoms with E-state index >= 15 is 0 Å². The highest BCUT2D eigenvalue weighted by Crippen LogP contribution is 2.62. The number of fused-ring (bicyclic) bond motifs is 2. The molecule has 0 radical (unpaired) electrons. The maximum atomic E-state index is 6.77. The first-order chi connectivity index (χ1) is 10.8. The molecule has 0 amide bonds. The highest BCUT2D eigenvalue weighted by Gasteiger charge is 2.56. The SMILES string of the molecule is C=C[Si](C)(C)O[Si](C)(CC1CCC2CC1C2(C)C)O[Si](C)(C)C=C. The molecule has 0 N–H and O–H groups in total. The maximum absolute atomic E-state index is 6.77. The Hall–Kier alpha value is 0.0506. The third-order valence-corrected chi connectivity index (χ3v) is 17.5. The molecule has 5 heteroatoms. The van der Waals surface area contributed by atoms with Gasteiger partial charge in [-0.25, -0.2) is 0 Å². The minimum Gasteiger partial charge on any atom is -0.433 e. The van der Waals surface area contributed by atoms with E-state index in [1.165, 1.54) is 19.3 Å². The lowest BCUT2D eigenvalue weighted by Crippen LogP contribution is -2.58. The van der Waals surface area contributed by atoms with Gasteiger partial charge in [0.25, 0.3) is 0 Å². The molecule has 3 fully saturated rings. The molecule has 3 rings (SSSR count). The molecule has 24 heavy (non-hydrogen) atoms. The Bertz CT molecular complexity index is 475. The molecule has 3 atom stereocenters. The molecule has 2 nitrogen and oxygen atoms in total. The van der Waals surface area contributed by atoms with Gasteiger partial charge < -0.3 is 8.23 Å². The monoisotopic (exact) mass is 382 g/mol. The lowest BCUT2D eigenvalue weighted by atomic mass is 9.46.